The van der Waals surface area contributed by atoms with Crippen molar-refractivity contribution in [2.24, 2.45) is 0 Å². The number of benzene rings is 10. The van der Waals surface area contributed by atoms with E-state index in [0.717, 1.165) is 38.6 Å². The van der Waals surface area contributed by atoms with Crippen molar-refractivity contribution in [2.75, 3.05) is 0 Å². The third-order valence-corrected chi connectivity index (χ3v) is 14.5. The van der Waals surface area contributed by atoms with E-state index in [1.807, 2.05) is 17.4 Å². The van der Waals surface area contributed by atoms with Gasteiger partial charge in [0, 0.05) is 36.5 Å². The first kappa shape index (κ1) is 35.9. The number of hydrogen-bond donors (Lipinski definition) is 0. The van der Waals surface area contributed by atoms with Gasteiger partial charge in [-0.1, -0.05) is 188 Å². The molecular weight excluding hydrogens is 781 g/mol. The lowest BCUT2D eigenvalue weighted by Crippen LogP contribution is -2.28. The van der Waals surface area contributed by atoms with Crippen LogP contribution in [0.3, 0.4) is 0 Å². The molecule has 0 atom stereocenters. The van der Waals surface area contributed by atoms with Gasteiger partial charge in [-0.2, -0.15) is 0 Å². The molecule has 1 nitrogen and oxygen atoms in total. The van der Waals surface area contributed by atoms with Crippen molar-refractivity contribution in [2.45, 2.75) is 5.41 Å². The number of thiophene rings is 1. The standard InChI is InChI=1S/C61H38OS/c1-5-30-54-49(23-1)50-24-2-6-31-55(50)61(54,45-21-11-17-41(37-45)39-15-9-19-43(35-39)47-27-14-34-58-59(47)53-26-4-8-33-57(53)63-58)46-22-12-18-42(38-46)40-16-10-20-44(36-40)48-28-13-29-52-51-25-3-7-32-56(51)62-60(48)52/h1-38H. The van der Waals surface area contributed by atoms with Gasteiger partial charge in [0.25, 0.3) is 0 Å². The molecule has 2 aromatic heterocycles. The second-order valence-corrected chi connectivity index (χ2v) is 17.8. The molecule has 0 spiro atoms. The van der Waals surface area contributed by atoms with Gasteiger partial charge in [-0.05, 0) is 115 Å². The Hall–Kier alpha value is -7.78. The maximum absolute atomic E-state index is 6.50. The maximum Gasteiger partial charge on any atom is 0.143 e. The largest absolute Gasteiger partial charge is 0.455 e. The van der Waals surface area contributed by atoms with Crippen molar-refractivity contribution in [3.63, 3.8) is 0 Å². The van der Waals surface area contributed by atoms with Gasteiger partial charge in [0.15, 0.2) is 0 Å². The minimum atomic E-state index is -0.560. The summed E-state index contributed by atoms with van der Waals surface area (Å²) in [5, 5.41) is 4.93. The van der Waals surface area contributed by atoms with Crippen LogP contribution in [0.1, 0.15) is 22.3 Å². The molecule has 0 saturated heterocycles. The van der Waals surface area contributed by atoms with Crippen LogP contribution in [-0.2, 0) is 5.41 Å². The number of hydrogen-bond acceptors (Lipinski definition) is 2. The fraction of sp³-hybridized carbons (Fsp3) is 0.0164. The molecule has 0 amide bonds. The minimum absolute atomic E-state index is 0.560. The summed E-state index contributed by atoms with van der Waals surface area (Å²) < 4.78 is 9.14. The summed E-state index contributed by atoms with van der Waals surface area (Å²) in [4.78, 5) is 0. The third kappa shape index (κ3) is 5.48. The zero-order valence-corrected chi connectivity index (χ0v) is 35.1. The molecule has 63 heavy (non-hydrogen) atoms. The molecular formula is C61H38OS. The summed E-state index contributed by atoms with van der Waals surface area (Å²) in [5.41, 5.74) is 18.4. The van der Waals surface area contributed by atoms with Crippen LogP contribution in [0.4, 0.5) is 0 Å². The molecule has 1 aliphatic carbocycles. The smallest absolute Gasteiger partial charge is 0.143 e. The van der Waals surface area contributed by atoms with Crippen molar-refractivity contribution in [3.05, 3.63) is 253 Å². The lowest BCUT2D eigenvalue weighted by molar-refractivity contribution is 0.670. The average molecular weight is 819 g/mol. The third-order valence-electron chi connectivity index (χ3n) is 13.4. The average Bonchev–Trinajstić information content (AvgIpc) is 4.03. The maximum atomic E-state index is 6.50. The predicted molar refractivity (Wildman–Crippen MR) is 266 cm³/mol. The van der Waals surface area contributed by atoms with E-state index in [-0.39, 0.29) is 0 Å². The Morgan fingerprint density at radius 1 is 0.317 bits per heavy atom. The Labute approximate surface area is 369 Å². The topological polar surface area (TPSA) is 13.1 Å². The van der Waals surface area contributed by atoms with Crippen molar-refractivity contribution in [1.29, 1.82) is 0 Å². The van der Waals surface area contributed by atoms with E-state index in [2.05, 4.69) is 224 Å². The fourth-order valence-electron chi connectivity index (χ4n) is 10.6. The van der Waals surface area contributed by atoms with Crippen LogP contribution >= 0.6 is 11.3 Å². The first-order valence-electron chi connectivity index (χ1n) is 21.6. The molecule has 0 radical (unpaired) electrons. The Balaban J connectivity index is 0.972. The van der Waals surface area contributed by atoms with Crippen LogP contribution < -0.4 is 0 Å². The fourth-order valence-corrected chi connectivity index (χ4v) is 11.7. The molecule has 0 unspecified atom stereocenters. The van der Waals surface area contributed by atoms with Gasteiger partial charge in [-0.25, -0.2) is 0 Å². The monoisotopic (exact) mass is 818 g/mol. The quantitative estimate of drug-likeness (QED) is 0.163. The molecule has 2 heterocycles. The van der Waals surface area contributed by atoms with Gasteiger partial charge >= 0.3 is 0 Å². The van der Waals surface area contributed by atoms with Gasteiger partial charge in [0.05, 0.1) is 5.41 Å². The molecule has 1 aliphatic rings. The number of furan rings is 1. The second kappa shape index (κ2) is 14.1. The predicted octanol–water partition coefficient (Wildman–Crippen LogP) is 17.0. The van der Waals surface area contributed by atoms with Crippen molar-refractivity contribution < 1.29 is 4.42 Å². The van der Waals surface area contributed by atoms with Crippen molar-refractivity contribution in [3.8, 4) is 55.6 Å². The van der Waals surface area contributed by atoms with Gasteiger partial charge in [-0.3, -0.25) is 0 Å². The first-order chi connectivity index (χ1) is 31.2. The minimum Gasteiger partial charge on any atom is -0.455 e. The lowest BCUT2D eigenvalue weighted by Gasteiger charge is -2.34. The van der Waals surface area contributed by atoms with Crippen LogP contribution in [0.2, 0.25) is 0 Å². The van der Waals surface area contributed by atoms with E-state index in [9.17, 15) is 0 Å². The summed E-state index contributed by atoms with van der Waals surface area (Å²) in [7, 11) is 0. The highest BCUT2D eigenvalue weighted by atomic mass is 32.1. The van der Waals surface area contributed by atoms with Crippen LogP contribution in [-0.4, -0.2) is 0 Å². The zero-order chi connectivity index (χ0) is 41.5. The number of para-hydroxylation sites is 2. The number of rotatable bonds is 6. The van der Waals surface area contributed by atoms with Gasteiger partial charge < -0.3 is 4.42 Å². The van der Waals surface area contributed by atoms with E-state index in [1.165, 1.54) is 81.4 Å². The molecule has 10 aromatic carbocycles. The molecule has 13 rings (SSSR count). The van der Waals surface area contributed by atoms with Crippen molar-refractivity contribution in [1.82, 2.24) is 0 Å². The summed E-state index contributed by atoms with van der Waals surface area (Å²) in [5.74, 6) is 0. The van der Waals surface area contributed by atoms with Gasteiger partial charge in [-0.15, -0.1) is 11.3 Å². The van der Waals surface area contributed by atoms with E-state index in [0.29, 0.717) is 0 Å². The van der Waals surface area contributed by atoms with Crippen LogP contribution in [0.15, 0.2) is 235 Å². The molecule has 0 bridgehead atoms. The van der Waals surface area contributed by atoms with Crippen LogP contribution in [0.25, 0.3) is 97.7 Å². The molecule has 294 valence electrons. The van der Waals surface area contributed by atoms with E-state index >= 15 is 0 Å². The summed E-state index contributed by atoms with van der Waals surface area (Å²) >= 11 is 1.87. The second-order valence-electron chi connectivity index (χ2n) is 16.7. The van der Waals surface area contributed by atoms with E-state index < -0.39 is 5.41 Å². The highest BCUT2D eigenvalue weighted by Crippen LogP contribution is 2.57. The molecule has 0 fully saturated rings. The van der Waals surface area contributed by atoms with E-state index in [4.69, 9.17) is 4.42 Å². The Morgan fingerprint density at radius 3 is 1.48 bits per heavy atom. The molecule has 12 aromatic rings. The highest BCUT2D eigenvalue weighted by molar-refractivity contribution is 7.25. The normalized spacial score (nSPS) is 12.9. The highest BCUT2D eigenvalue weighted by Gasteiger charge is 2.46. The molecule has 0 N–H and O–H groups in total. The number of fused-ring (bicyclic) bond motifs is 9. The summed E-state index contributed by atoms with van der Waals surface area (Å²) in [6.07, 6.45) is 0. The SMILES string of the molecule is c1cc(-c2cccc(C3(c4cccc(-c5cccc(-c6cccc7sc8ccccc8c67)c5)c4)c4ccccc4-c4ccccc43)c2)cc(-c2cccc3c2oc2ccccc23)c1. The zero-order valence-electron chi connectivity index (χ0n) is 34.3. The Kier molecular flexibility index (Phi) is 8.06. The van der Waals surface area contributed by atoms with Crippen molar-refractivity contribution >= 4 is 53.4 Å². The van der Waals surface area contributed by atoms with Crippen LogP contribution in [0.5, 0.6) is 0 Å². The van der Waals surface area contributed by atoms with Gasteiger partial charge in [0.1, 0.15) is 11.2 Å². The lowest BCUT2D eigenvalue weighted by atomic mass is 9.67. The first-order valence-corrected chi connectivity index (χ1v) is 22.5. The Bertz CT molecular complexity index is 3720. The summed E-state index contributed by atoms with van der Waals surface area (Å²) in [6, 6.07) is 84.9. The van der Waals surface area contributed by atoms with Gasteiger partial charge in [0.2, 0.25) is 0 Å². The van der Waals surface area contributed by atoms with Crippen LogP contribution in [0, 0.1) is 0 Å². The Morgan fingerprint density at radius 2 is 0.778 bits per heavy atom. The molecule has 0 aliphatic heterocycles. The van der Waals surface area contributed by atoms with E-state index in [1.54, 1.807) is 0 Å². The molecule has 2 heteroatoms. The molecule has 0 saturated carbocycles. The summed E-state index contributed by atoms with van der Waals surface area (Å²) in [6.45, 7) is 0.